The first-order valence-electron chi connectivity index (χ1n) is 11.8. The monoisotopic (exact) mass is 488 g/mol. The number of hydrogen-bond donors (Lipinski definition) is 2. The zero-order chi connectivity index (χ0) is 25.5. The Balaban J connectivity index is 1.63. The van der Waals surface area contributed by atoms with Crippen LogP contribution in [0.4, 0.5) is 5.69 Å². The molecule has 0 bridgehead atoms. The summed E-state index contributed by atoms with van der Waals surface area (Å²) in [6, 6.07) is 23.4. The number of para-hydroxylation sites is 1. The number of carboxylic acids is 1. The molecule has 0 aromatic heterocycles. The van der Waals surface area contributed by atoms with Crippen molar-refractivity contribution in [1.29, 1.82) is 0 Å². The maximum atomic E-state index is 13.9. The minimum absolute atomic E-state index is 0.0376. The average molecular weight is 489 g/mol. The first-order valence-corrected chi connectivity index (χ1v) is 11.8. The molecule has 8 heteroatoms. The molecule has 4 rings (SSSR count). The van der Waals surface area contributed by atoms with E-state index in [-0.39, 0.29) is 25.7 Å². The fourth-order valence-corrected chi connectivity index (χ4v) is 4.27. The van der Waals surface area contributed by atoms with Crippen molar-refractivity contribution in [3.63, 3.8) is 0 Å². The maximum Gasteiger partial charge on any atom is 0.342 e. The van der Waals surface area contributed by atoms with E-state index >= 15 is 0 Å². The van der Waals surface area contributed by atoms with Gasteiger partial charge < -0.3 is 24.8 Å². The molecule has 1 heterocycles. The van der Waals surface area contributed by atoms with Gasteiger partial charge in [0.05, 0.1) is 18.9 Å². The predicted molar refractivity (Wildman–Crippen MR) is 134 cm³/mol. The van der Waals surface area contributed by atoms with E-state index in [4.69, 9.17) is 9.47 Å². The van der Waals surface area contributed by atoms with Crippen molar-refractivity contribution in [2.75, 3.05) is 24.7 Å². The number of fused-ring (bicyclic) bond motifs is 3. The third kappa shape index (κ3) is 5.45. The normalized spacial score (nSPS) is 15.4. The zero-order valence-electron chi connectivity index (χ0n) is 19.9. The summed E-state index contributed by atoms with van der Waals surface area (Å²) in [4.78, 5) is 40.0. The van der Waals surface area contributed by atoms with Crippen molar-refractivity contribution in [2.24, 2.45) is 0 Å². The molecular weight excluding hydrogens is 460 g/mol. The van der Waals surface area contributed by atoms with Crippen molar-refractivity contribution in [1.82, 2.24) is 5.32 Å². The summed E-state index contributed by atoms with van der Waals surface area (Å²) >= 11 is 0. The highest BCUT2D eigenvalue weighted by Crippen LogP contribution is 2.40. The molecule has 1 aliphatic heterocycles. The molecule has 0 fully saturated rings. The number of amides is 2. The van der Waals surface area contributed by atoms with Gasteiger partial charge in [-0.15, -0.1) is 0 Å². The molecule has 8 nitrogen and oxygen atoms in total. The molecule has 0 spiro atoms. The van der Waals surface area contributed by atoms with E-state index in [0.717, 1.165) is 16.7 Å². The van der Waals surface area contributed by atoms with Gasteiger partial charge in [0.1, 0.15) is 6.04 Å². The number of carbonyl (C=O) groups is 3. The van der Waals surface area contributed by atoms with Crippen LogP contribution >= 0.6 is 0 Å². The summed E-state index contributed by atoms with van der Waals surface area (Å²) in [5.41, 5.74) is 3.91. The maximum absolute atomic E-state index is 13.9. The number of hydrogen-bond acceptors (Lipinski definition) is 5. The van der Waals surface area contributed by atoms with E-state index in [1.165, 1.54) is 0 Å². The summed E-state index contributed by atoms with van der Waals surface area (Å²) in [5.74, 6) is -2.69. The molecule has 0 radical (unpaired) electrons. The smallest absolute Gasteiger partial charge is 0.342 e. The standard InChI is InChI=1S/C28H28N2O6/c1-2-36-25(28(33)34)26(31)29-24-22-14-7-6-12-20(22)21-13-8-9-15-23(21)30(27(24)32)16-17-35-18-19-10-4-3-5-11-19/h3-15,24-25H,2,16-18H2,1H3,(H,29,31)(H,33,34)/t24-,25?/m0/s1. The number of carbonyl (C=O) groups excluding carboxylic acids is 2. The van der Waals surface area contributed by atoms with Crippen LogP contribution < -0.4 is 10.2 Å². The van der Waals surface area contributed by atoms with Gasteiger partial charge in [-0.1, -0.05) is 72.8 Å². The molecule has 2 atom stereocenters. The lowest BCUT2D eigenvalue weighted by atomic mass is 9.95. The summed E-state index contributed by atoms with van der Waals surface area (Å²) in [5, 5.41) is 12.1. The van der Waals surface area contributed by atoms with Crippen LogP contribution in [0.3, 0.4) is 0 Å². The van der Waals surface area contributed by atoms with Crippen LogP contribution in [0.5, 0.6) is 0 Å². The van der Waals surface area contributed by atoms with Crippen molar-refractivity contribution < 1.29 is 29.0 Å². The van der Waals surface area contributed by atoms with Crippen LogP contribution in [-0.2, 0) is 30.5 Å². The second-order valence-electron chi connectivity index (χ2n) is 8.25. The summed E-state index contributed by atoms with van der Waals surface area (Å²) in [6.45, 7) is 2.55. The van der Waals surface area contributed by atoms with Crippen molar-refractivity contribution >= 4 is 23.5 Å². The minimum Gasteiger partial charge on any atom is -0.479 e. The highest BCUT2D eigenvalue weighted by molar-refractivity contribution is 6.08. The van der Waals surface area contributed by atoms with Crippen LogP contribution in [-0.4, -0.2) is 48.8 Å². The number of ether oxygens (including phenoxy) is 2. The number of aliphatic carboxylic acids is 1. The molecule has 1 unspecified atom stereocenters. The molecule has 2 amide bonds. The lowest BCUT2D eigenvalue weighted by Crippen LogP contribution is -2.48. The second kappa shape index (κ2) is 11.6. The fraction of sp³-hybridized carbons (Fsp3) is 0.250. The van der Waals surface area contributed by atoms with Crippen LogP contribution in [0.2, 0.25) is 0 Å². The Kier molecular flexibility index (Phi) is 8.10. The van der Waals surface area contributed by atoms with E-state index in [1.807, 2.05) is 66.7 Å². The Labute approximate surface area is 209 Å². The molecule has 0 saturated carbocycles. The number of carboxylic acid groups (broad SMARTS) is 1. The summed E-state index contributed by atoms with van der Waals surface area (Å²) < 4.78 is 11.0. The number of rotatable bonds is 10. The largest absolute Gasteiger partial charge is 0.479 e. The number of benzene rings is 3. The molecule has 2 N–H and O–H groups in total. The Bertz CT molecular complexity index is 1230. The Morgan fingerprint density at radius 3 is 2.36 bits per heavy atom. The molecule has 1 aliphatic rings. The van der Waals surface area contributed by atoms with Gasteiger partial charge in [-0.05, 0) is 29.7 Å². The van der Waals surface area contributed by atoms with Gasteiger partial charge in [-0.2, -0.15) is 0 Å². The average Bonchev–Trinajstić information content (AvgIpc) is 2.99. The number of anilines is 1. The van der Waals surface area contributed by atoms with Crippen LogP contribution in [0.25, 0.3) is 11.1 Å². The first-order chi connectivity index (χ1) is 17.5. The molecular formula is C28H28N2O6. The summed E-state index contributed by atoms with van der Waals surface area (Å²) in [7, 11) is 0. The van der Waals surface area contributed by atoms with E-state index in [9.17, 15) is 19.5 Å². The van der Waals surface area contributed by atoms with Gasteiger partial charge >= 0.3 is 5.97 Å². The lowest BCUT2D eigenvalue weighted by Gasteiger charge is -2.27. The van der Waals surface area contributed by atoms with Crippen molar-refractivity contribution in [2.45, 2.75) is 25.7 Å². The molecule has 0 aliphatic carbocycles. The third-order valence-electron chi connectivity index (χ3n) is 5.92. The highest BCUT2D eigenvalue weighted by atomic mass is 16.5. The van der Waals surface area contributed by atoms with Crippen LogP contribution in [0.15, 0.2) is 78.9 Å². The number of nitrogens with zero attached hydrogens (tertiary/aromatic N) is 1. The van der Waals surface area contributed by atoms with Crippen LogP contribution in [0.1, 0.15) is 24.1 Å². The summed E-state index contributed by atoms with van der Waals surface area (Å²) in [6.07, 6.45) is -1.72. The van der Waals surface area contributed by atoms with E-state index in [0.29, 0.717) is 17.9 Å². The Morgan fingerprint density at radius 1 is 0.972 bits per heavy atom. The van der Waals surface area contributed by atoms with Crippen molar-refractivity contribution in [3.05, 3.63) is 90.0 Å². The highest BCUT2D eigenvalue weighted by Gasteiger charge is 2.37. The molecule has 3 aromatic carbocycles. The molecule has 186 valence electrons. The van der Waals surface area contributed by atoms with Gasteiger partial charge in [0.2, 0.25) is 6.10 Å². The molecule has 3 aromatic rings. The SMILES string of the molecule is CCOC(C(=O)O)C(=O)N[C@@H]1C(=O)N(CCOCc2ccccc2)c2ccccc2-c2ccccc21. The van der Waals surface area contributed by atoms with Gasteiger partial charge in [-0.25, -0.2) is 4.79 Å². The Hall–Kier alpha value is -4.01. The van der Waals surface area contributed by atoms with Crippen molar-refractivity contribution in [3.8, 4) is 11.1 Å². The molecule has 0 saturated heterocycles. The van der Waals surface area contributed by atoms with E-state index < -0.39 is 24.0 Å². The van der Waals surface area contributed by atoms with Gasteiger partial charge in [0.15, 0.2) is 0 Å². The molecule has 36 heavy (non-hydrogen) atoms. The lowest BCUT2D eigenvalue weighted by molar-refractivity contribution is -0.157. The zero-order valence-corrected chi connectivity index (χ0v) is 19.9. The number of nitrogens with one attached hydrogen (secondary N) is 1. The van der Waals surface area contributed by atoms with Gasteiger partial charge in [0.25, 0.3) is 11.8 Å². The quantitative estimate of drug-likeness (QED) is 0.334. The topological polar surface area (TPSA) is 105 Å². The second-order valence-corrected chi connectivity index (χ2v) is 8.25. The Morgan fingerprint density at radius 2 is 1.64 bits per heavy atom. The van der Waals surface area contributed by atoms with E-state index in [1.54, 1.807) is 24.0 Å². The minimum atomic E-state index is -1.72. The third-order valence-corrected chi connectivity index (χ3v) is 5.92. The van der Waals surface area contributed by atoms with E-state index in [2.05, 4.69) is 5.32 Å². The van der Waals surface area contributed by atoms with Gasteiger partial charge in [-0.3, -0.25) is 9.59 Å². The predicted octanol–water partition coefficient (Wildman–Crippen LogP) is 3.56. The van der Waals surface area contributed by atoms with Gasteiger partial charge in [0, 0.05) is 18.7 Å². The fourth-order valence-electron chi connectivity index (χ4n) is 4.27. The first kappa shape index (κ1) is 25.1. The van der Waals surface area contributed by atoms with Crippen LogP contribution in [0, 0.1) is 0 Å².